The topological polar surface area (TPSA) is 66.8 Å². The fourth-order valence-electron chi connectivity index (χ4n) is 3.63. The molecule has 3 heterocycles. The van der Waals surface area contributed by atoms with Crippen molar-refractivity contribution in [2.24, 2.45) is 5.92 Å². The number of rotatable bonds is 5. The fourth-order valence-corrected chi connectivity index (χ4v) is 4.99. The highest BCUT2D eigenvalue weighted by Crippen LogP contribution is 2.48. The molecule has 2 fully saturated rings. The van der Waals surface area contributed by atoms with E-state index >= 15 is 0 Å². The molecule has 3 aliphatic rings. The van der Waals surface area contributed by atoms with E-state index in [4.69, 9.17) is 4.74 Å². The molecule has 0 aliphatic carbocycles. The second kappa shape index (κ2) is 6.08. The molecule has 0 aromatic heterocycles. The number of esters is 1. The van der Waals surface area contributed by atoms with Gasteiger partial charge in [-0.15, -0.1) is 0 Å². The predicted molar refractivity (Wildman–Crippen MR) is 84.1 cm³/mol. The van der Waals surface area contributed by atoms with Crippen LogP contribution in [-0.4, -0.2) is 51.6 Å². The van der Waals surface area contributed by atoms with Gasteiger partial charge in [-0.1, -0.05) is 12.7 Å². The van der Waals surface area contributed by atoms with Crippen LogP contribution in [0.15, 0.2) is 23.9 Å². The number of nitrogens with zero attached hydrogens (tertiary/aromatic N) is 1. The molecular formula is C16H21NO4S. The lowest BCUT2D eigenvalue weighted by Crippen LogP contribution is -2.61. The van der Waals surface area contributed by atoms with Gasteiger partial charge in [0.2, 0.25) is 5.91 Å². The summed E-state index contributed by atoms with van der Waals surface area (Å²) >= 11 is 1.84. The Morgan fingerprint density at radius 2 is 2.41 bits per heavy atom. The van der Waals surface area contributed by atoms with Gasteiger partial charge in [0.15, 0.2) is 0 Å². The van der Waals surface area contributed by atoms with Crippen LogP contribution in [0.2, 0.25) is 0 Å². The first-order valence-electron chi connectivity index (χ1n) is 7.70. The summed E-state index contributed by atoms with van der Waals surface area (Å²) in [6, 6.07) is -0.0880. The van der Waals surface area contributed by atoms with Crippen LogP contribution in [-0.2, 0) is 14.3 Å². The van der Waals surface area contributed by atoms with Crippen molar-refractivity contribution >= 4 is 23.6 Å². The molecule has 6 heteroatoms. The smallest absolute Gasteiger partial charge is 0.355 e. The second-order valence-electron chi connectivity index (χ2n) is 6.01. The van der Waals surface area contributed by atoms with Gasteiger partial charge < -0.3 is 14.7 Å². The zero-order valence-electron chi connectivity index (χ0n) is 12.7. The van der Waals surface area contributed by atoms with E-state index < -0.39 is 18.0 Å². The largest absolute Gasteiger partial charge is 0.457 e. The maximum absolute atomic E-state index is 12.4. The van der Waals surface area contributed by atoms with Crippen molar-refractivity contribution < 1.29 is 19.4 Å². The van der Waals surface area contributed by atoms with Gasteiger partial charge in [-0.25, -0.2) is 4.79 Å². The highest BCUT2D eigenvalue weighted by Gasteiger charge is 2.57. The standard InChI is InChI=1S/C16H21NO4S/c1-3-6-21-16(20)14-10(12-5-4-7-22-12)8-11-13(9(2)18)15(19)17(11)14/h3,9,11-13,18H,1,4-8H2,2H3/t9-,11-,12-,13-/m1/s1. The van der Waals surface area contributed by atoms with Gasteiger partial charge in [0, 0.05) is 5.25 Å². The van der Waals surface area contributed by atoms with Gasteiger partial charge in [0.05, 0.1) is 18.1 Å². The maximum Gasteiger partial charge on any atom is 0.355 e. The molecule has 1 N–H and O–H groups in total. The minimum Gasteiger partial charge on any atom is -0.457 e. The highest BCUT2D eigenvalue weighted by molar-refractivity contribution is 8.00. The third kappa shape index (κ3) is 2.38. The molecule has 2 saturated heterocycles. The molecule has 3 aliphatic heterocycles. The summed E-state index contributed by atoms with van der Waals surface area (Å²) in [5.74, 6) is 0.0821. The number of hydrogen-bond acceptors (Lipinski definition) is 5. The van der Waals surface area contributed by atoms with E-state index in [-0.39, 0.29) is 18.6 Å². The zero-order valence-corrected chi connectivity index (χ0v) is 13.5. The van der Waals surface area contributed by atoms with E-state index in [2.05, 4.69) is 6.58 Å². The lowest BCUT2D eigenvalue weighted by molar-refractivity contribution is -0.162. The third-order valence-corrected chi connectivity index (χ3v) is 6.05. The van der Waals surface area contributed by atoms with Crippen LogP contribution in [0.25, 0.3) is 0 Å². The van der Waals surface area contributed by atoms with E-state index in [1.54, 1.807) is 11.8 Å². The summed E-state index contributed by atoms with van der Waals surface area (Å²) in [4.78, 5) is 26.3. The lowest BCUT2D eigenvalue weighted by Gasteiger charge is -2.44. The molecule has 5 nitrogen and oxygen atoms in total. The maximum atomic E-state index is 12.4. The molecule has 4 atom stereocenters. The Labute approximate surface area is 134 Å². The summed E-state index contributed by atoms with van der Waals surface area (Å²) in [5, 5.41) is 10.1. The first-order chi connectivity index (χ1) is 10.6. The van der Waals surface area contributed by atoms with Crippen LogP contribution in [0.5, 0.6) is 0 Å². The van der Waals surface area contributed by atoms with E-state index in [9.17, 15) is 14.7 Å². The number of aliphatic hydroxyl groups excluding tert-OH is 1. The van der Waals surface area contributed by atoms with E-state index in [1.165, 1.54) is 6.08 Å². The molecule has 0 aromatic carbocycles. The molecule has 0 unspecified atom stereocenters. The number of thioether (sulfide) groups is 1. The minimum absolute atomic E-state index is 0.0880. The van der Waals surface area contributed by atoms with Crippen LogP contribution >= 0.6 is 11.8 Å². The molecular weight excluding hydrogens is 302 g/mol. The third-order valence-electron chi connectivity index (χ3n) is 4.61. The van der Waals surface area contributed by atoms with Crippen LogP contribution in [0.4, 0.5) is 0 Å². The van der Waals surface area contributed by atoms with Gasteiger partial charge in [0.25, 0.3) is 0 Å². The quantitative estimate of drug-likeness (QED) is 0.471. The number of carbonyl (C=O) groups is 2. The van der Waals surface area contributed by atoms with Crippen molar-refractivity contribution in [3.8, 4) is 0 Å². The van der Waals surface area contributed by atoms with Gasteiger partial charge in [-0.05, 0) is 37.5 Å². The molecule has 0 aromatic rings. The monoisotopic (exact) mass is 323 g/mol. The van der Waals surface area contributed by atoms with Gasteiger partial charge in [0.1, 0.15) is 12.3 Å². The first kappa shape index (κ1) is 15.6. The second-order valence-corrected chi connectivity index (χ2v) is 7.32. The summed E-state index contributed by atoms with van der Waals surface area (Å²) in [7, 11) is 0. The molecule has 120 valence electrons. The number of carbonyl (C=O) groups excluding carboxylic acids is 2. The Morgan fingerprint density at radius 3 is 3.00 bits per heavy atom. The number of amides is 1. The summed E-state index contributed by atoms with van der Waals surface area (Å²) < 4.78 is 5.18. The number of hydrogen-bond donors (Lipinski definition) is 1. The molecule has 3 rings (SSSR count). The number of ether oxygens (including phenoxy) is 1. The summed E-state index contributed by atoms with van der Waals surface area (Å²) in [6.45, 7) is 5.32. The average Bonchev–Trinajstić information content (AvgIpc) is 3.09. The van der Waals surface area contributed by atoms with E-state index in [0.29, 0.717) is 17.4 Å². The molecule has 0 spiro atoms. The molecule has 1 amide bonds. The highest BCUT2D eigenvalue weighted by atomic mass is 32.2. The van der Waals surface area contributed by atoms with Crippen molar-refractivity contribution in [1.29, 1.82) is 0 Å². The molecule has 0 bridgehead atoms. The lowest BCUT2D eigenvalue weighted by atomic mass is 9.82. The SMILES string of the molecule is C=CCOC(=O)C1=C([C@H]2CCCS2)C[C@@H]2[C@@H]([C@@H](C)O)C(=O)N12. The fraction of sp³-hybridized carbons (Fsp3) is 0.625. The summed E-state index contributed by atoms with van der Waals surface area (Å²) in [5.41, 5.74) is 1.45. The van der Waals surface area contributed by atoms with Gasteiger partial charge >= 0.3 is 5.97 Å². The van der Waals surface area contributed by atoms with Crippen LogP contribution in [0, 0.1) is 5.92 Å². The Bertz CT molecular complexity index is 536. The van der Waals surface area contributed by atoms with Crippen LogP contribution < -0.4 is 0 Å². The van der Waals surface area contributed by atoms with E-state index in [1.807, 2.05) is 11.8 Å². The van der Waals surface area contributed by atoms with Crippen molar-refractivity contribution in [3.05, 3.63) is 23.9 Å². The number of fused-ring (bicyclic) bond motifs is 1. The van der Waals surface area contributed by atoms with Crippen molar-refractivity contribution in [2.75, 3.05) is 12.4 Å². The minimum atomic E-state index is -0.685. The van der Waals surface area contributed by atoms with Crippen LogP contribution in [0.1, 0.15) is 26.2 Å². The summed E-state index contributed by atoms with van der Waals surface area (Å²) in [6.07, 6.45) is 3.68. The molecule has 0 saturated carbocycles. The predicted octanol–water partition coefficient (Wildman–Crippen LogP) is 1.48. The van der Waals surface area contributed by atoms with Crippen molar-refractivity contribution in [3.63, 3.8) is 0 Å². The Balaban J connectivity index is 1.88. The number of β-lactam (4-membered cyclic amide) rings is 1. The first-order valence-corrected chi connectivity index (χ1v) is 8.75. The molecule has 0 radical (unpaired) electrons. The van der Waals surface area contributed by atoms with E-state index in [0.717, 1.165) is 24.2 Å². The van der Waals surface area contributed by atoms with Crippen molar-refractivity contribution in [1.82, 2.24) is 4.90 Å². The molecule has 22 heavy (non-hydrogen) atoms. The average molecular weight is 323 g/mol. The van der Waals surface area contributed by atoms with Crippen molar-refractivity contribution in [2.45, 2.75) is 43.6 Å². The number of aliphatic hydroxyl groups is 1. The Hall–Kier alpha value is -1.27. The van der Waals surface area contributed by atoms with Crippen LogP contribution in [0.3, 0.4) is 0 Å². The normalized spacial score (nSPS) is 31.8. The van der Waals surface area contributed by atoms with Gasteiger partial charge in [-0.3, -0.25) is 4.79 Å². The zero-order chi connectivity index (χ0) is 15.9. The Kier molecular flexibility index (Phi) is 4.32. The Morgan fingerprint density at radius 1 is 1.64 bits per heavy atom. The van der Waals surface area contributed by atoms with Gasteiger partial charge in [-0.2, -0.15) is 11.8 Å².